The fourth-order valence-electron chi connectivity index (χ4n) is 3.17. The molecule has 0 saturated heterocycles. The average Bonchev–Trinajstić information content (AvgIpc) is 3.56. The predicted molar refractivity (Wildman–Crippen MR) is 115 cm³/mol. The molecule has 152 valence electrons. The minimum Gasteiger partial charge on any atom is -0.481 e. The van der Waals surface area contributed by atoms with Crippen molar-refractivity contribution in [2.24, 2.45) is 0 Å². The minimum atomic E-state index is -0.223. The van der Waals surface area contributed by atoms with Crippen LogP contribution in [0.4, 0.5) is 0 Å². The Labute approximate surface area is 173 Å². The molecule has 1 aliphatic carbocycles. The Morgan fingerprint density at radius 2 is 2.04 bits per heavy atom. The Morgan fingerprint density at radius 1 is 1.32 bits per heavy atom. The second-order valence-electron chi connectivity index (χ2n) is 6.90. The number of ether oxygens (including phenoxy) is 1. The number of carbonyl (C=O) groups excluding carboxylic acids is 1. The van der Waals surface area contributed by atoms with Crippen molar-refractivity contribution in [3.05, 3.63) is 57.7 Å². The summed E-state index contributed by atoms with van der Waals surface area (Å²) >= 11 is 6.23. The first kappa shape index (κ1) is 22.2. The molecule has 0 unspecified atom stereocenters. The molecule has 1 aromatic heterocycles. The van der Waals surface area contributed by atoms with Crippen LogP contribution in [0.3, 0.4) is 0 Å². The van der Waals surface area contributed by atoms with Gasteiger partial charge in [-0.1, -0.05) is 44.5 Å². The van der Waals surface area contributed by atoms with E-state index in [9.17, 15) is 4.79 Å². The van der Waals surface area contributed by atoms with Gasteiger partial charge in [0.2, 0.25) is 11.8 Å². The second kappa shape index (κ2) is 10.5. The standard InChI is InChI=1S/C21H25ClN2O2.C2H6/c1-4-18(15-6-5-13(2)19(22)10-15)20(25)23-12-17-9-16(14-7-8-14)11-24-21(17)26-3;1-2/h5-6,9-11,14,18H,4,7-8,12H2,1-3H3,(H,23,25);1-2H3/t18-;/m0./s1. The summed E-state index contributed by atoms with van der Waals surface area (Å²) in [6.07, 6.45) is 5.02. The smallest absolute Gasteiger partial charge is 0.227 e. The lowest BCUT2D eigenvalue weighted by Crippen LogP contribution is -2.29. The molecule has 1 heterocycles. The van der Waals surface area contributed by atoms with Gasteiger partial charge in [0.15, 0.2) is 0 Å². The molecule has 4 nitrogen and oxygen atoms in total. The number of aromatic nitrogens is 1. The quantitative estimate of drug-likeness (QED) is 0.639. The third-order valence-corrected chi connectivity index (χ3v) is 5.37. The maximum Gasteiger partial charge on any atom is 0.227 e. The van der Waals surface area contributed by atoms with Gasteiger partial charge in [0.1, 0.15) is 0 Å². The molecule has 5 heteroatoms. The fourth-order valence-corrected chi connectivity index (χ4v) is 3.36. The van der Waals surface area contributed by atoms with Crippen LogP contribution in [0, 0.1) is 6.92 Å². The van der Waals surface area contributed by atoms with Gasteiger partial charge in [0, 0.05) is 23.3 Å². The van der Waals surface area contributed by atoms with E-state index in [-0.39, 0.29) is 11.8 Å². The van der Waals surface area contributed by atoms with Gasteiger partial charge in [0.25, 0.3) is 0 Å². The van der Waals surface area contributed by atoms with Crippen molar-refractivity contribution >= 4 is 17.5 Å². The van der Waals surface area contributed by atoms with Crippen molar-refractivity contribution < 1.29 is 9.53 Å². The van der Waals surface area contributed by atoms with E-state index in [0.29, 0.717) is 29.8 Å². The Morgan fingerprint density at radius 3 is 2.61 bits per heavy atom. The first-order valence-electron chi connectivity index (χ1n) is 10.1. The molecular formula is C23H31ClN2O2. The van der Waals surface area contributed by atoms with Crippen LogP contribution >= 0.6 is 11.6 Å². The summed E-state index contributed by atoms with van der Waals surface area (Å²) in [7, 11) is 1.60. The predicted octanol–water partition coefficient (Wildman–Crippen LogP) is 5.77. The molecule has 0 bridgehead atoms. The van der Waals surface area contributed by atoms with Crippen molar-refractivity contribution in [2.75, 3.05) is 7.11 Å². The first-order valence-corrected chi connectivity index (χ1v) is 10.5. The number of halogens is 1. The van der Waals surface area contributed by atoms with Gasteiger partial charge in [-0.05, 0) is 60.9 Å². The van der Waals surface area contributed by atoms with Crippen molar-refractivity contribution in [3.8, 4) is 5.88 Å². The lowest BCUT2D eigenvalue weighted by molar-refractivity contribution is -0.122. The van der Waals surface area contributed by atoms with Crippen LogP contribution in [0.15, 0.2) is 30.5 Å². The summed E-state index contributed by atoms with van der Waals surface area (Å²) in [6.45, 7) is 8.37. The van der Waals surface area contributed by atoms with E-state index < -0.39 is 0 Å². The van der Waals surface area contributed by atoms with Crippen LogP contribution in [-0.4, -0.2) is 18.0 Å². The van der Waals surface area contributed by atoms with E-state index in [0.717, 1.165) is 16.7 Å². The first-order chi connectivity index (χ1) is 13.5. The van der Waals surface area contributed by atoms with E-state index in [1.54, 1.807) is 7.11 Å². The molecule has 1 atom stereocenters. The molecule has 1 saturated carbocycles. The third kappa shape index (κ3) is 5.48. The van der Waals surface area contributed by atoms with Gasteiger partial charge >= 0.3 is 0 Å². The van der Waals surface area contributed by atoms with Crippen LogP contribution in [0.2, 0.25) is 5.02 Å². The Hall–Kier alpha value is -2.07. The van der Waals surface area contributed by atoms with E-state index in [1.165, 1.54) is 18.4 Å². The average molecular weight is 403 g/mol. The van der Waals surface area contributed by atoms with E-state index in [4.69, 9.17) is 16.3 Å². The maximum atomic E-state index is 12.8. The highest BCUT2D eigenvalue weighted by atomic mass is 35.5. The highest BCUT2D eigenvalue weighted by Crippen LogP contribution is 2.40. The molecule has 0 radical (unpaired) electrons. The normalized spacial score (nSPS) is 13.9. The second-order valence-corrected chi connectivity index (χ2v) is 7.31. The molecule has 1 aliphatic rings. The van der Waals surface area contributed by atoms with Crippen molar-refractivity contribution in [1.29, 1.82) is 0 Å². The molecule has 28 heavy (non-hydrogen) atoms. The van der Waals surface area contributed by atoms with Crippen molar-refractivity contribution in [3.63, 3.8) is 0 Å². The van der Waals surface area contributed by atoms with Gasteiger partial charge in [-0.2, -0.15) is 0 Å². The number of methoxy groups -OCH3 is 1. The molecule has 1 amide bonds. The molecule has 1 aromatic carbocycles. The number of rotatable bonds is 7. The Bertz CT molecular complexity index is 803. The molecule has 1 N–H and O–H groups in total. The molecule has 0 aliphatic heterocycles. The lowest BCUT2D eigenvalue weighted by atomic mass is 9.94. The van der Waals surface area contributed by atoms with Gasteiger partial charge in [0.05, 0.1) is 13.0 Å². The van der Waals surface area contributed by atoms with Crippen LogP contribution < -0.4 is 10.1 Å². The Balaban J connectivity index is 0.00000136. The van der Waals surface area contributed by atoms with Crippen LogP contribution in [0.1, 0.15) is 74.1 Å². The monoisotopic (exact) mass is 402 g/mol. The van der Waals surface area contributed by atoms with Crippen LogP contribution in [0.5, 0.6) is 5.88 Å². The number of carbonyl (C=O) groups is 1. The van der Waals surface area contributed by atoms with Gasteiger partial charge < -0.3 is 10.1 Å². The number of aryl methyl sites for hydroxylation is 1. The van der Waals surface area contributed by atoms with Crippen molar-refractivity contribution in [1.82, 2.24) is 10.3 Å². The van der Waals surface area contributed by atoms with Crippen LogP contribution in [-0.2, 0) is 11.3 Å². The van der Waals surface area contributed by atoms with E-state index in [1.807, 2.05) is 52.1 Å². The largest absolute Gasteiger partial charge is 0.481 e. The highest BCUT2D eigenvalue weighted by Gasteiger charge is 2.25. The summed E-state index contributed by atoms with van der Waals surface area (Å²) in [5.41, 5.74) is 4.10. The number of hydrogen-bond acceptors (Lipinski definition) is 3. The number of pyridine rings is 1. The maximum absolute atomic E-state index is 12.8. The highest BCUT2D eigenvalue weighted by molar-refractivity contribution is 6.31. The fraction of sp³-hybridized carbons (Fsp3) is 0.478. The Kier molecular flexibility index (Phi) is 8.31. The molecule has 1 fully saturated rings. The number of amides is 1. The number of benzene rings is 1. The molecule has 3 rings (SSSR count). The van der Waals surface area contributed by atoms with Crippen LogP contribution in [0.25, 0.3) is 0 Å². The summed E-state index contributed by atoms with van der Waals surface area (Å²) in [5.74, 6) is 0.951. The SMILES string of the molecule is CC.CC[C@H](C(=O)NCc1cc(C2CC2)cnc1OC)c1ccc(C)c(Cl)c1. The van der Waals surface area contributed by atoms with Gasteiger partial charge in [-0.25, -0.2) is 4.98 Å². The zero-order valence-electron chi connectivity index (χ0n) is 17.5. The summed E-state index contributed by atoms with van der Waals surface area (Å²) in [4.78, 5) is 17.1. The molecule has 2 aromatic rings. The van der Waals surface area contributed by atoms with Gasteiger partial charge in [-0.15, -0.1) is 0 Å². The number of hydrogen-bond donors (Lipinski definition) is 1. The third-order valence-electron chi connectivity index (χ3n) is 4.96. The summed E-state index contributed by atoms with van der Waals surface area (Å²) in [5, 5.41) is 3.73. The minimum absolute atomic E-state index is 0.00806. The zero-order valence-corrected chi connectivity index (χ0v) is 18.3. The summed E-state index contributed by atoms with van der Waals surface area (Å²) < 4.78 is 5.35. The lowest BCUT2D eigenvalue weighted by Gasteiger charge is -2.17. The number of nitrogens with one attached hydrogen (secondary N) is 1. The number of nitrogens with zero attached hydrogens (tertiary/aromatic N) is 1. The zero-order chi connectivity index (χ0) is 20.7. The van der Waals surface area contributed by atoms with E-state index >= 15 is 0 Å². The molecular weight excluding hydrogens is 372 g/mol. The summed E-state index contributed by atoms with van der Waals surface area (Å²) in [6, 6.07) is 7.93. The topological polar surface area (TPSA) is 51.2 Å². The van der Waals surface area contributed by atoms with Crippen molar-refractivity contribution in [2.45, 2.75) is 65.3 Å². The van der Waals surface area contributed by atoms with E-state index in [2.05, 4.69) is 16.4 Å². The van der Waals surface area contributed by atoms with Gasteiger partial charge in [-0.3, -0.25) is 4.79 Å². The molecule has 0 spiro atoms.